The van der Waals surface area contributed by atoms with E-state index in [2.05, 4.69) is 27.9 Å². The van der Waals surface area contributed by atoms with E-state index in [0.717, 1.165) is 9.13 Å². The molecular weight excluding hydrogens is 393 g/mol. The minimum Gasteiger partial charge on any atom is -0.462 e. The standard InChI is InChI=1S/C17H16INO3/c1-3-22-17(21)13-7-8-15(11(2)9-13)19-16(20)12-5-4-6-14(18)10-12/h4-10H,3H2,1-2H3,(H,19,20). The van der Waals surface area contributed by atoms with Gasteiger partial charge < -0.3 is 10.1 Å². The summed E-state index contributed by atoms with van der Waals surface area (Å²) in [5, 5.41) is 2.86. The van der Waals surface area contributed by atoms with Gasteiger partial charge >= 0.3 is 5.97 Å². The van der Waals surface area contributed by atoms with E-state index >= 15 is 0 Å². The molecule has 0 heterocycles. The van der Waals surface area contributed by atoms with Gasteiger partial charge in [0.25, 0.3) is 5.91 Å². The molecule has 22 heavy (non-hydrogen) atoms. The Morgan fingerprint density at radius 3 is 2.55 bits per heavy atom. The third-order valence-electron chi connectivity index (χ3n) is 3.07. The summed E-state index contributed by atoms with van der Waals surface area (Å²) in [6, 6.07) is 12.4. The summed E-state index contributed by atoms with van der Waals surface area (Å²) in [5.41, 5.74) is 2.56. The fraction of sp³-hybridized carbons (Fsp3) is 0.176. The van der Waals surface area contributed by atoms with E-state index in [1.807, 2.05) is 25.1 Å². The fourth-order valence-electron chi connectivity index (χ4n) is 1.97. The zero-order chi connectivity index (χ0) is 16.1. The molecule has 114 valence electrons. The number of aryl methyl sites for hydroxylation is 1. The molecule has 0 unspecified atom stereocenters. The van der Waals surface area contributed by atoms with E-state index in [1.54, 1.807) is 31.2 Å². The molecule has 0 fully saturated rings. The summed E-state index contributed by atoms with van der Waals surface area (Å²) < 4.78 is 5.96. The van der Waals surface area contributed by atoms with Gasteiger partial charge in [0.15, 0.2) is 0 Å². The highest BCUT2D eigenvalue weighted by Crippen LogP contribution is 2.19. The number of carbonyl (C=O) groups excluding carboxylic acids is 2. The Bertz CT molecular complexity index is 713. The van der Waals surface area contributed by atoms with E-state index < -0.39 is 0 Å². The third-order valence-corrected chi connectivity index (χ3v) is 3.74. The normalized spacial score (nSPS) is 10.1. The molecule has 0 saturated heterocycles. The molecule has 0 aliphatic heterocycles. The van der Waals surface area contributed by atoms with Crippen LogP contribution in [-0.4, -0.2) is 18.5 Å². The minimum absolute atomic E-state index is 0.175. The second kappa shape index (κ2) is 7.40. The van der Waals surface area contributed by atoms with Crippen LogP contribution in [0.25, 0.3) is 0 Å². The largest absolute Gasteiger partial charge is 0.462 e. The van der Waals surface area contributed by atoms with Crippen molar-refractivity contribution in [3.05, 3.63) is 62.7 Å². The van der Waals surface area contributed by atoms with Gasteiger partial charge in [0.1, 0.15) is 0 Å². The van der Waals surface area contributed by atoms with Crippen LogP contribution < -0.4 is 5.32 Å². The molecule has 1 N–H and O–H groups in total. The molecule has 2 rings (SSSR count). The van der Waals surface area contributed by atoms with Crippen molar-refractivity contribution in [2.75, 3.05) is 11.9 Å². The number of amides is 1. The quantitative estimate of drug-likeness (QED) is 0.613. The first-order valence-electron chi connectivity index (χ1n) is 6.86. The number of carbonyl (C=O) groups is 2. The van der Waals surface area contributed by atoms with Crippen LogP contribution >= 0.6 is 22.6 Å². The van der Waals surface area contributed by atoms with Gasteiger partial charge in [-0.25, -0.2) is 4.79 Å². The summed E-state index contributed by atoms with van der Waals surface area (Å²) in [6.07, 6.45) is 0. The van der Waals surface area contributed by atoms with Crippen LogP contribution in [0.1, 0.15) is 33.2 Å². The van der Waals surface area contributed by atoms with E-state index in [1.165, 1.54) is 0 Å². The zero-order valence-electron chi connectivity index (χ0n) is 12.4. The fourth-order valence-corrected chi connectivity index (χ4v) is 2.51. The SMILES string of the molecule is CCOC(=O)c1ccc(NC(=O)c2cccc(I)c2)c(C)c1. The van der Waals surface area contributed by atoms with Gasteiger partial charge in [-0.15, -0.1) is 0 Å². The molecule has 2 aromatic rings. The van der Waals surface area contributed by atoms with Crippen LogP contribution in [0, 0.1) is 10.5 Å². The Morgan fingerprint density at radius 2 is 1.91 bits per heavy atom. The van der Waals surface area contributed by atoms with Crippen molar-refractivity contribution in [3.63, 3.8) is 0 Å². The lowest BCUT2D eigenvalue weighted by molar-refractivity contribution is 0.0526. The van der Waals surface area contributed by atoms with Crippen molar-refractivity contribution in [1.82, 2.24) is 0 Å². The van der Waals surface area contributed by atoms with Gasteiger partial charge in [0.2, 0.25) is 0 Å². The van der Waals surface area contributed by atoms with Crippen LogP contribution in [0.3, 0.4) is 0 Å². The second-order valence-corrected chi connectivity index (χ2v) is 5.96. The molecule has 5 heteroatoms. The van der Waals surface area contributed by atoms with Gasteiger partial charge in [-0.2, -0.15) is 0 Å². The Kier molecular flexibility index (Phi) is 5.54. The number of hydrogen-bond acceptors (Lipinski definition) is 3. The maximum absolute atomic E-state index is 12.2. The first-order valence-corrected chi connectivity index (χ1v) is 7.94. The lowest BCUT2D eigenvalue weighted by atomic mass is 10.1. The van der Waals surface area contributed by atoms with Gasteiger partial charge in [-0.1, -0.05) is 6.07 Å². The summed E-state index contributed by atoms with van der Waals surface area (Å²) in [6.45, 7) is 3.94. The van der Waals surface area contributed by atoms with Gasteiger partial charge in [-0.05, 0) is 78.4 Å². The van der Waals surface area contributed by atoms with Crippen LogP contribution in [-0.2, 0) is 4.74 Å². The Balaban J connectivity index is 2.16. The highest BCUT2D eigenvalue weighted by atomic mass is 127. The van der Waals surface area contributed by atoms with Crippen LogP contribution in [0.5, 0.6) is 0 Å². The Morgan fingerprint density at radius 1 is 1.14 bits per heavy atom. The highest BCUT2D eigenvalue weighted by Gasteiger charge is 2.11. The predicted molar refractivity (Wildman–Crippen MR) is 94.2 cm³/mol. The molecule has 0 radical (unpaired) electrons. The lowest BCUT2D eigenvalue weighted by Gasteiger charge is -2.10. The number of ether oxygens (including phenoxy) is 1. The first-order chi connectivity index (χ1) is 10.5. The number of rotatable bonds is 4. The molecule has 0 saturated carbocycles. The molecule has 0 spiro atoms. The van der Waals surface area contributed by atoms with Crippen molar-refractivity contribution >= 4 is 40.2 Å². The van der Waals surface area contributed by atoms with Crippen molar-refractivity contribution in [2.45, 2.75) is 13.8 Å². The number of esters is 1. The van der Waals surface area contributed by atoms with Crippen molar-refractivity contribution in [2.24, 2.45) is 0 Å². The van der Waals surface area contributed by atoms with Crippen molar-refractivity contribution < 1.29 is 14.3 Å². The molecule has 0 aliphatic carbocycles. The second-order valence-electron chi connectivity index (χ2n) is 4.71. The van der Waals surface area contributed by atoms with Gasteiger partial charge in [0, 0.05) is 14.8 Å². The molecule has 0 bridgehead atoms. The Labute approximate surface area is 143 Å². The van der Waals surface area contributed by atoms with Crippen molar-refractivity contribution in [3.8, 4) is 0 Å². The van der Waals surface area contributed by atoms with E-state index in [0.29, 0.717) is 23.4 Å². The summed E-state index contributed by atoms with van der Waals surface area (Å²) in [5.74, 6) is -0.536. The number of anilines is 1. The maximum Gasteiger partial charge on any atom is 0.338 e. The van der Waals surface area contributed by atoms with Crippen LogP contribution in [0.15, 0.2) is 42.5 Å². The number of nitrogens with one attached hydrogen (secondary N) is 1. The number of halogens is 1. The van der Waals surface area contributed by atoms with Gasteiger partial charge in [-0.3, -0.25) is 4.79 Å². The van der Waals surface area contributed by atoms with Gasteiger partial charge in [0.05, 0.1) is 12.2 Å². The van der Waals surface area contributed by atoms with Crippen LogP contribution in [0.2, 0.25) is 0 Å². The number of hydrogen-bond donors (Lipinski definition) is 1. The summed E-state index contributed by atoms with van der Waals surface area (Å²) >= 11 is 2.16. The molecule has 2 aromatic carbocycles. The molecule has 4 nitrogen and oxygen atoms in total. The van der Waals surface area contributed by atoms with E-state index in [4.69, 9.17) is 4.74 Å². The highest BCUT2D eigenvalue weighted by molar-refractivity contribution is 14.1. The average molecular weight is 409 g/mol. The lowest BCUT2D eigenvalue weighted by Crippen LogP contribution is -2.13. The molecular formula is C17H16INO3. The monoisotopic (exact) mass is 409 g/mol. The van der Waals surface area contributed by atoms with E-state index in [-0.39, 0.29) is 11.9 Å². The molecule has 1 amide bonds. The topological polar surface area (TPSA) is 55.4 Å². The average Bonchev–Trinajstić information content (AvgIpc) is 2.49. The van der Waals surface area contributed by atoms with Crippen LogP contribution in [0.4, 0.5) is 5.69 Å². The molecule has 0 aliphatic rings. The minimum atomic E-state index is -0.360. The maximum atomic E-state index is 12.2. The van der Waals surface area contributed by atoms with Crippen molar-refractivity contribution in [1.29, 1.82) is 0 Å². The summed E-state index contributed by atoms with van der Waals surface area (Å²) in [4.78, 5) is 23.9. The zero-order valence-corrected chi connectivity index (χ0v) is 14.5. The molecule has 0 aromatic heterocycles. The summed E-state index contributed by atoms with van der Waals surface area (Å²) in [7, 11) is 0. The predicted octanol–water partition coefficient (Wildman–Crippen LogP) is 4.03. The number of benzene rings is 2. The first kappa shape index (κ1) is 16.5. The Hall–Kier alpha value is -1.89. The third kappa shape index (κ3) is 4.07. The van der Waals surface area contributed by atoms with E-state index in [9.17, 15) is 9.59 Å². The smallest absolute Gasteiger partial charge is 0.338 e. The molecule has 0 atom stereocenters.